The van der Waals surface area contributed by atoms with Crippen molar-refractivity contribution in [3.63, 3.8) is 0 Å². The van der Waals surface area contributed by atoms with Gasteiger partial charge in [0.05, 0.1) is 40.3 Å². The van der Waals surface area contributed by atoms with Crippen LogP contribution < -0.4 is 10.5 Å². The average molecular weight is 465 g/mol. The molecule has 0 atom stereocenters. The molecule has 5 nitrogen and oxygen atoms in total. The number of hydrogen-bond donors (Lipinski definition) is 0. The predicted octanol–water partition coefficient (Wildman–Crippen LogP) is 5.38. The second-order valence-electron chi connectivity index (χ2n) is 7.14. The lowest BCUT2D eigenvalue weighted by atomic mass is 10.1. The Bertz CT molecular complexity index is 1080. The van der Waals surface area contributed by atoms with E-state index in [9.17, 15) is 4.79 Å². The van der Waals surface area contributed by atoms with Gasteiger partial charge in [0.25, 0.3) is 5.56 Å². The summed E-state index contributed by atoms with van der Waals surface area (Å²) in [6, 6.07) is 15.6. The fourth-order valence-electron chi connectivity index (χ4n) is 3.53. The molecular weight excluding hydrogens is 445 g/mol. The highest BCUT2D eigenvalue weighted by molar-refractivity contribution is 6.41. The number of anilines is 1. The van der Waals surface area contributed by atoms with Crippen LogP contribution in [0.25, 0.3) is 5.69 Å². The first-order valence-corrected chi connectivity index (χ1v) is 10.8. The summed E-state index contributed by atoms with van der Waals surface area (Å²) in [5, 5.41) is 4.66. The number of rotatable bonds is 5. The molecular formula is C22H20Cl3N3O2. The Kier molecular flexibility index (Phi) is 6.64. The summed E-state index contributed by atoms with van der Waals surface area (Å²) in [5.41, 5.74) is 2.16. The molecule has 30 heavy (non-hydrogen) atoms. The summed E-state index contributed by atoms with van der Waals surface area (Å²) in [6.45, 7) is 2.33. The molecule has 0 N–H and O–H groups in total. The summed E-state index contributed by atoms with van der Waals surface area (Å²) < 4.78 is 7.25. The van der Waals surface area contributed by atoms with Gasteiger partial charge in [-0.05, 0) is 36.6 Å². The van der Waals surface area contributed by atoms with Crippen molar-refractivity contribution in [1.29, 1.82) is 0 Å². The second-order valence-corrected chi connectivity index (χ2v) is 8.33. The van der Waals surface area contributed by atoms with Gasteiger partial charge in [-0.15, -0.1) is 0 Å². The van der Waals surface area contributed by atoms with E-state index >= 15 is 0 Å². The zero-order valence-electron chi connectivity index (χ0n) is 16.1. The van der Waals surface area contributed by atoms with Crippen LogP contribution in [0.3, 0.4) is 0 Å². The van der Waals surface area contributed by atoms with Crippen LogP contribution in [0.15, 0.2) is 59.5 Å². The van der Waals surface area contributed by atoms with Crippen molar-refractivity contribution in [2.24, 2.45) is 0 Å². The number of hydrogen-bond acceptors (Lipinski definition) is 4. The zero-order chi connectivity index (χ0) is 21.1. The fourth-order valence-corrected chi connectivity index (χ4v) is 4.08. The van der Waals surface area contributed by atoms with Gasteiger partial charge in [-0.3, -0.25) is 4.79 Å². The SMILES string of the molecule is O=c1c(Cl)c(Cl)cnn1-c1ccc(N2CCC(OCc3ccccc3)CC2)c(Cl)c1. The minimum atomic E-state index is -0.482. The molecule has 156 valence electrons. The molecule has 2 heterocycles. The predicted molar refractivity (Wildman–Crippen MR) is 121 cm³/mol. The number of piperidine rings is 1. The van der Waals surface area contributed by atoms with Gasteiger partial charge in [0.2, 0.25) is 0 Å². The third-order valence-electron chi connectivity index (χ3n) is 5.16. The lowest BCUT2D eigenvalue weighted by Crippen LogP contribution is -2.37. The van der Waals surface area contributed by atoms with Crippen LogP contribution in [0.4, 0.5) is 5.69 Å². The molecule has 1 aliphatic heterocycles. The van der Waals surface area contributed by atoms with Crippen molar-refractivity contribution in [2.75, 3.05) is 18.0 Å². The number of ether oxygens (including phenoxy) is 1. The molecule has 1 fully saturated rings. The van der Waals surface area contributed by atoms with Crippen LogP contribution in [0.1, 0.15) is 18.4 Å². The first-order valence-electron chi connectivity index (χ1n) is 9.66. The molecule has 4 rings (SSSR count). The Balaban J connectivity index is 1.41. The first-order chi connectivity index (χ1) is 14.5. The van der Waals surface area contributed by atoms with E-state index in [4.69, 9.17) is 39.5 Å². The Hall–Kier alpha value is -2.05. The highest BCUT2D eigenvalue weighted by Crippen LogP contribution is 2.31. The molecule has 2 aromatic carbocycles. The van der Waals surface area contributed by atoms with Gasteiger partial charge in [0, 0.05) is 13.1 Å². The molecule has 8 heteroatoms. The zero-order valence-corrected chi connectivity index (χ0v) is 18.4. The highest BCUT2D eigenvalue weighted by atomic mass is 35.5. The van der Waals surface area contributed by atoms with E-state index < -0.39 is 5.56 Å². The smallest absolute Gasteiger partial charge is 0.291 e. The van der Waals surface area contributed by atoms with E-state index in [1.54, 1.807) is 12.1 Å². The largest absolute Gasteiger partial charge is 0.373 e. The quantitative estimate of drug-likeness (QED) is 0.509. The standard InChI is InChI=1S/C22H20Cl3N3O2/c23-18-12-16(28-22(29)21(25)19(24)13-26-28)6-7-20(18)27-10-8-17(9-11-27)30-14-15-4-2-1-3-5-15/h1-7,12-13,17H,8-11,14H2. The van der Waals surface area contributed by atoms with Gasteiger partial charge in [0.15, 0.2) is 0 Å². The van der Waals surface area contributed by atoms with Crippen molar-refractivity contribution in [1.82, 2.24) is 9.78 Å². The second kappa shape index (κ2) is 9.40. The number of nitrogens with zero attached hydrogens (tertiary/aromatic N) is 3. The molecule has 1 saturated heterocycles. The average Bonchev–Trinajstić information content (AvgIpc) is 2.77. The van der Waals surface area contributed by atoms with Crippen LogP contribution in [0.2, 0.25) is 15.1 Å². The normalized spacial score (nSPS) is 14.8. The van der Waals surface area contributed by atoms with Crippen LogP contribution in [-0.2, 0) is 11.3 Å². The molecule has 0 radical (unpaired) electrons. The van der Waals surface area contributed by atoms with E-state index in [1.165, 1.54) is 16.4 Å². The maximum atomic E-state index is 12.3. The monoisotopic (exact) mass is 463 g/mol. The summed E-state index contributed by atoms with van der Waals surface area (Å²) in [4.78, 5) is 14.5. The summed E-state index contributed by atoms with van der Waals surface area (Å²) in [5.74, 6) is 0. The Morgan fingerprint density at radius 2 is 1.73 bits per heavy atom. The van der Waals surface area contributed by atoms with E-state index in [0.29, 0.717) is 17.3 Å². The molecule has 0 unspecified atom stereocenters. The summed E-state index contributed by atoms with van der Waals surface area (Å²) in [7, 11) is 0. The van der Waals surface area contributed by atoms with Crippen molar-refractivity contribution in [3.05, 3.63) is 85.7 Å². The molecule has 1 aliphatic rings. The van der Waals surface area contributed by atoms with Gasteiger partial charge in [-0.25, -0.2) is 0 Å². The Morgan fingerprint density at radius 3 is 2.43 bits per heavy atom. The molecule has 0 bridgehead atoms. The van der Waals surface area contributed by atoms with Gasteiger partial charge < -0.3 is 9.64 Å². The van der Waals surface area contributed by atoms with E-state index in [1.807, 2.05) is 24.3 Å². The van der Waals surface area contributed by atoms with Gasteiger partial charge in [-0.1, -0.05) is 65.1 Å². The summed E-state index contributed by atoms with van der Waals surface area (Å²) >= 11 is 18.3. The van der Waals surface area contributed by atoms with Crippen molar-refractivity contribution in [3.8, 4) is 5.69 Å². The highest BCUT2D eigenvalue weighted by Gasteiger charge is 2.22. The minimum absolute atomic E-state index is 0.0653. The first kappa shape index (κ1) is 21.2. The summed E-state index contributed by atoms with van der Waals surface area (Å²) in [6.07, 6.45) is 3.43. The molecule has 0 amide bonds. The van der Waals surface area contributed by atoms with Gasteiger partial charge >= 0.3 is 0 Å². The maximum absolute atomic E-state index is 12.3. The Morgan fingerprint density at radius 1 is 1.00 bits per heavy atom. The third kappa shape index (κ3) is 4.65. The van der Waals surface area contributed by atoms with Crippen molar-refractivity contribution >= 4 is 40.5 Å². The minimum Gasteiger partial charge on any atom is -0.373 e. The van der Waals surface area contributed by atoms with Gasteiger partial charge in [-0.2, -0.15) is 9.78 Å². The lowest BCUT2D eigenvalue weighted by Gasteiger charge is -2.34. The van der Waals surface area contributed by atoms with Crippen molar-refractivity contribution < 1.29 is 4.74 Å². The van der Waals surface area contributed by atoms with Gasteiger partial charge in [0.1, 0.15) is 5.02 Å². The molecule has 0 spiro atoms. The lowest BCUT2D eigenvalue weighted by molar-refractivity contribution is 0.0251. The fraction of sp³-hybridized carbons (Fsp3) is 0.273. The molecule has 1 aromatic heterocycles. The van der Waals surface area contributed by atoms with Crippen molar-refractivity contribution in [2.45, 2.75) is 25.6 Å². The maximum Gasteiger partial charge on any atom is 0.291 e. The van der Waals surface area contributed by atoms with Crippen LogP contribution in [-0.4, -0.2) is 29.0 Å². The molecule has 3 aromatic rings. The van der Waals surface area contributed by atoms with E-state index in [2.05, 4.69) is 22.1 Å². The van der Waals surface area contributed by atoms with E-state index in [0.717, 1.165) is 31.6 Å². The van der Waals surface area contributed by atoms with E-state index in [-0.39, 0.29) is 16.1 Å². The number of halogens is 3. The van der Waals surface area contributed by atoms with Crippen LogP contribution >= 0.6 is 34.8 Å². The Labute approximate surface area is 189 Å². The van der Waals surface area contributed by atoms with Crippen LogP contribution in [0.5, 0.6) is 0 Å². The number of benzene rings is 2. The molecule has 0 saturated carbocycles. The third-order valence-corrected chi connectivity index (χ3v) is 6.21. The molecule has 0 aliphatic carbocycles. The van der Waals surface area contributed by atoms with Crippen LogP contribution in [0, 0.1) is 0 Å². The topological polar surface area (TPSA) is 47.4 Å². The number of aromatic nitrogens is 2.